The maximum absolute atomic E-state index is 12.5. The lowest BCUT2D eigenvalue weighted by atomic mass is 10.2. The summed E-state index contributed by atoms with van der Waals surface area (Å²) in [4.78, 5) is 26.4. The van der Waals surface area contributed by atoms with E-state index in [1.807, 2.05) is 60.7 Å². The van der Waals surface area contributed by atoms with Crippen LogP contribution in [0.25, 0.3) is 0 Å². The Morgan fingerprint density at radius 1 is 1.00 bits per heavy atom. The number of nitrogens with zero attached hydrogens (tertiary/aromatic N) is 1. The molecule has 25 heavy (non-hydrogen) atoms. The zero-order valence-corrected chi connectivity index (χ0v) is 14.8. The second-order valence-electron chi connectivity index (χ2n) is 5.98. The minimum atomic E-state index is -0.403. The Bertz CT molecular complexity index is 644. The molecule has 1 fully saturated rings. The molecule has 0 N–H and O–H groups in total. The topological polar surface area (TPSA) is 46.6 Å². The summed E-state index contributed by atoms with van der Waals surface area (Å²) >= 11 is 1.27. The van der Waals surface area contributed by atoms with Crippen LogP contribution in [-0.4, -0.2) is 28.7 Å². The van der Waals surface area contributed by atoms with Gasteiger partial charge >= 0.3 is 6.09 Å². The number of hydrogen-bond acceptors (Lipinski definition) is 4. The van der Waals surface area contributed by atoms with Crippen LogP contribution in [0.3, 0.4) is 0 Å². The van der Waals surface area contributed by atoms with E-state index in [2.05, 4.69) is 0 Å². The Hall–Kier alpha value is -2.27. The highest BCUT2D eigenvalue weighted by Gasteiger charge is 2.35. The molecule has 0 bridgehead atoms. The van der Waals surface area contributed by atoms with E-state index >= 15 is 0 Å². The van der Waals surface area contributed by atoms with Crippen molar-refractivity contribution in [2.45, 2.75) is 31.2 Å². The molecule has 2 aromatic rings. The first-order chi connectivity index (χ1) is 12.2. The summed E-state index contributed by atoms with van der Waals surface area (Å²) in [5.41, 5.74) is 2.05. The monoisotopic (exact) mass is 355 g/mol. The molecule has 0 spiro atoms. The lowest BCUT2D eigenvalue weighted by Crippen LogP contribution is -2.39. The van der Waals surface area contributed by atoms with Gasteiger partial charge < -0.3 is 4.74 Å². The van der Waals surface area contributed by atoms with Crippen LogP contribution in [-0.2, 0) is 21.9 Å². The van der Waals surface area contributed by atoms with Gasteiger partial charge in [-0.2, -0.15) is 0 Å². The van der Waals surface area contributed by atoms with E-state index in [0.29, 0.717) is 18.7 Å². The van der Waals surface area contributed by atoms with Crippen molar-refractivity contribution in [2.24, 2.45) is 0 Å². The predicted molar refractivity (Wildman–Crippen MR) is 99.1 cm³/mol. The number of benzene rings is 2. The second kappa shape index (κ2) is 8.72. The van der Waals surface area contributed by atoms with Gasteiger partial charge in [0.15, 0.2) is 0 Å². The molecule has 5 heteroatoms. The van der Waals surface area contributed by atoms with Gasteiger partial charge in [0, 0.05) is 12.3 Å². The van der Waals surface area contributed by atoms with Crippen molar-refractivity contribution in [3.63, 3.8) is 0 Å². The third-order valence-corrected chi connectivity index (χ3v) is 5.22. The summed E-state index contributed by atoms with van der Waals surface area (Å²) in [7, 11) is 0. The van der Waals surface area contributed by atoms with Gasteiger partial charge in [0.25, 0.3) is 0 Å². The fourth-order valence-corrected chi connectivity index (χ4v) is 3.80. The molecule has 1 saturated heterocycles. The highest BCUT2D eigenvalue weighted by molar-refractivity contribution is 8.13. The second-order valence-corrected chi connectivity index (χ2v) is 6.96. The van der Waals surface area contributed by atoms with Crippen molar-refractivity contribution in [1.29, 1.82) is 0 Å². The van der Waals surface area contributed by atoms with E-state index in [9.17, 15) is 9.59 Å². The van der Waals surface area contributed by atoms with Gasteiger partial charge in [-0.3, -0.25) is 9.69 Å². The number of amides is 1. The van der Waals surface area contributed by atoms with Crippen molar-refractivity contribution in [3.05, 3.63) is 71.8 Å². The molecule has 2 aromatic carbocycles. The Labute approximate surface area is 152 Å². The van der Waals surface area contributed by atoms with E-state index < -0.39 is 6.09 Å². The smallest absolute Gasteiger partial charge is 0.410 e. The quantitative estimate of drug-likeness (QED) is 0.804. The van der Waals surface area contributed by atoms with Gasteiger partial charge in [-0.25, -0.2) is 4.79 Å². The van der Waals surface area contributed by atoms with E-state index in [0.717, 1.165) is 17.5 Å². The van der Waals surface area contributed by atoms with E-state index in [4.69, 9.17) is 4.74 Å². The summed E-state index contributed by atoms with van der Waals surface area (Å²) in [6, 6.07) is 19.1. The van der Waals surface area contributed by atoms with Crippen molar-refractivity contribution in [1.82, 2.24) is 4.90 Å². The molecule has 130 valence electrons. The SMILES string of the molecule is O=C(SCc1ccccc1)[C@@H]1CCCN1C(=O)OCc1ccccc1. The number of carbonyl (C=O) groups excluding carboxylic acids is 2. The number of carbonyl (C=O) groups is 2. The first kappa shape index (κ1) is 17.5. The standard InChI is InChI=1S/C20H21NO3S/c22-19(25-15-17-10-5-2-6-11-17)18-12-7-13-21(18)20(23)24-14-16-8-3-1-4-9-16/h1-6,8-11,18H,7,12-15H2/t18-/m0/s1. The molecule has 4 nitrogen and oxygen atoms in total. The molecule has 1 aliphatic heterocycles. The van der Waals surface area contributed by atoms with Crippen LogP contribution in [0.15, 0.2) is 60.7 Å². The third-order valence-electron chi connectivity index (χ3n) is 4.19. The molecule has 1 aliphatic rings. The van der Waals surface area contributed by atoms with Gasteiger partial charge in [0.2, 0.25) is 5.12 Å². The molecule has 0 aliphatic carbocycles. The molecule has 0 saturated carbocycles. The fourth-order valence-electron chi connectivity index (χ4n) is 2.86. The van der Waals surface area contributed by atoms with E-state index in [1.54, 1.807) is 4.90 Å². The Balaban J connectivity index is 1.52. The van der Waals surface area contributed by atoms with Crippen LogP contribution in [0, 0.1) is 0 Å². The number of likely N-dealkylation sites (tertiary alicyclic amines) is 1. The number of ether oxygens (including phenoxy) is 1. The average Bonchev–Trinajstić information content (AvgIpc) is 3.16. The van der Waals surface area contributed by atoms with Crippen LogP contribution in [0.1, 0.15) is 24.0 Å². The van der Waals surface area contributed by atoms with Crippen LogP contribution in [0.2, 0.25) is 0 Å². The first-order valence-corrected chi connectivity index (χ1v) is 9.40. The van der Waals surface area contributed by atoms with Gasteiger partial charge in [-0.1, -0.05) is 72.4 Å². The van der Waals surface area contributed by atoms with Crippen molar-refractivity contribution in [2.75, 3.05) is 6.54 Å². The Morgan fingerprint density at radius 2 is 1.64 bits per heavy atom. The summed E-state index contributed by atoms with van der Waals surface area (Å²) in [6.45, 7) is 0.810. The molecule has 1 amide bonds. The third kappa shape index (κ3) is 4.86. The van der Waals surface area contributed by atoms with Gasteiger partial charge in [-0.05, 0) is 24.0 Å². The lowest BCUT2D eigenvalue weighted by molar-refractivity contribution is -0.114. The predicted octanol–water partition coefficient (Wildman–Crippen LogP) is 4.25. The molecule has 0 radical (unpaired) electrons. The molecule has 0 unspecified atom stereocenters. The number of thioether (sulfide) groups is 1. The zero-order valence-electron chi connectivity index (χ0n) is 14.0. The molecular weight excluding hydrogens is 334 g/mol. The van der Waals surface area contributed by atoms with E-state index in [1.165, 1.54) is 11.8 Å². The zero-order chi connectivity index (χ0) is 17.5. The van der Waals surface area contributed by atoms with Crippen LogP contribution in [0.4, 0.5) is 4.79 Å². The summed E-state index contributed by atoms with van der Waals surface area (Å²) in [6.07, 6.45) is 1.14. The molecular formula is C20H21NO3S. The Morgan fingerprint density at radius 3 is 2.32 bits per heavy atom. The number of rotatable bonds is 5. The first-order valence-electron chi connectivity index (χ1n) is 8.42. The highest BCUT2D eigenvalue weighted by Crippen LogP contribution is 2.25. The minimum Gasteiger partial charge on any atom is -0.445 e. The highest BCUT2D eigenvalue weighted by atomic mass is 32.2. The molecule has 1 heterocycles. The van der Waals surface area contributed by atoms with Crippen LogP contribution in [0.5, 0.6) is 0 Å². The largest absolute Gasteiger partial charge is 0.445 e. The summed E-state index contributed by atoms with van der Waals surface area (Å²) < 4.78 is 5.38. The van der Waals surface area contributed by atoms with Gasteiger partial charge in [0.1, 0.15) is 12.6 Å². The molecule has 1 atom stereocenters. The number of hydrogen-bond donors (Lipinski definition) is 0. The summed E-state index contributed by atoms with van der Waals surface area (Å²) in [5.74, 6) is 0.628. The maximum Gasteiger partial charge on any atom is 0.410 e. The normalized spacial score (nSPS) is 16.6. The van der Waals surface area contributed by atoms with Crippen LogP contribution >= 0.6 is 11.8 Å². The van der Waals surface area contributed by atoms with Crippen LogP contribution < -0.4 is 0 Å². The average molecular weight is 355 g/mol. The maximum atomic E-state index is 12.5. The molecule has 3 rings (SSSR count). The molecule has 0 aromatic heterocycles. The van der Waals surface area contributed by atoms with Gasteiger partial charge in [0.05, 0.1) is 0 Å². The van der Waals surface area contributed by atoms with Crippen molar-refractivity contribution in [3.8, 4) is 0 Å². The lowest BCUT2D eigenvalue weighted by Gasteiger charge is -2.22. The van der Waals surface area contributed by atoms with E-state index in [-0.39, 0.29) is 17.8 Å². The minimum absolute atomic E-state index is 0.0398. The van der Waals surface area contributed by atoms with Crippen molar-refractivity contribution >= 4 is 23.0 Å². The summed E-state index contributed by atoms with van der Waals surface area (Å²) in [5, 5.41) is 0.0398. The van der Waals surface area contributed by atoms with Crippen molar-refractivity contribution < 1.29 is 14.3 Å². The van der Waals surface area contributed by atoms with Gasteiger partial charge in [-0.15, -0.1) is 0 Å². The fraction of sp³-hybridized carbons (Fsp3) is 0.300. The Kier molecular flexibility index (Phi) is 6.12.